The van der Waals surface area contributed by atoms with Gasteiger partial charge in [-0.25, -0.2) is 0 Å². The molecule has 0 saturated heterocycles. The average molecular weight is 283 g/mol. The average Bonchev–Trinajstić information content (AvgIpc) is 3.11. The first kappa shape index (κ1) is 13.1. The molecule has 3 rings (SSSR count). The Morgan fingerprint density at radius 2 is 2.15 bits per heavy atom. The number of allylic oxidation sites excluding steroid dienone is 2. The molecule has 0 unspecified atom stereocenters. The summed E-state index contributed by atoms with van der Waals surface area (Å²) in [6, 6.07) is 12.1. The van der Waals surface area contributed by atoms with Crippen molar-refractivity contribution in [2.45, 2.75) is 19.3 Å². The molecule has 3 heteroatoms. The maximum atomic E-state index is 12.1. The van der Waals surface area contributed by atoms with E-state index in [9.17, 15) is 4.79 Å². The highest BCUT2D eigenvalue weighted by molar-refractivity contribution is 7.13. The number of carbonyl (C=O) groups excluding carboxylic acids is 1. The number of carbonyl (C=O) groups is 1. The minimum absolute atomic E-state index is 0.102. The van der Waals surface area contributed by atoms with E-state index in [-0.39, 0.29) is 5.91 Å². The molecular weight excluding hydrogens is 266 g/mol. The number of benzene rings is 1. The molecule has 102 valence electrons. The fourth-order valence-electron chi connectivity index (χ4n) is 2.54. The summed E-state index contributed by atoms with van der Waals surface area (Å²) in [4.78, 5) is 13.3. The summed E-state index contributed by atoms with van der Waals surface area (Å²) in [5.41, 5.74) is 2.00. The first-order valence-corrected chi connectivity index (χ1v) is 7.80. The van der Waals surface area contributed by atoms with Crippen LogP contribution in [0.1, 0.15) is 19.3 Å². The van der Waals surface area contributed by atoms with Crippen LogP contribution >= 0.6 is 11.3 Å². The van der Waals surface area contributed by atoms with Crippen LogP contribution in [0.25, 0.3) is 10.4 Å². The lowest BCUT2D eigenvalue weighted by atomic mass is 10.0. The van der Waals surface area contributed by atoms with Gasteiger partial charge in [-0.1, -0.05) is 36.4 Å². The lowest BCUT2D eigenvalue weighted by Crippen LogP contribution is -2.15. The SMILES string of the molecule is O=C(C[C@H]1C=CCC1)Nc1ccccc1-c1cccs1. The Morgan fingerprint density at radius 1 is 1.25 bits per heavy atom. The van der Waals surface area contributed by atoms with E-state index in [1.807, 2.05) is 24.3 Å². The molecule has 1 aromatic carbocycles. The van der Waals surface area contributed by atoms with Gasteiger partial charge in [-0.05, 0) is 36.3 Å². The number of rotatable bonds is 4. The van der Waals surface area contributed by atoms with Crippen molar-refractivity contribution in [2.24, 2.45) is 5.92 Å². The first-order valence-electron chi connectivity index (χ1n) is 6.92. The van der Waals surface area contributed by atoms with Gasteiger partial charge in [0.1, 0.15) is 0 Å². The monoisotopic (exact) mass is 283 g/mol. The minimum atomic E-state index is 0.102. The van der Waals surface area contributed by atoms with Crippen molar-refractivity contribution in [3.8, 4) is 10.4 Å². The molecule has 1 N–H and O–H groups in total. The molecule has 1 amide bonds. The smallest absolute Gasteiger partial charge is 0.224 e. The number of hydrogen-bond acceptors (Lipinski definition) is 2. The van der Waals surface area contributed by atoms with Gasteiger partial charge in [0.05, 0.1) is 0 Å². The summed E-state index contributed by atoms with van der Waals surface area (Å²) in [6.07, 6.45) is 7.10. The van der Waals surface area contributed by atoms with Gasteiger partial charge in [0, 0.05) is 22.5 Å². The van der Waals surface area contributed by atoms with Crippen LogP contribution in [0.5, 0.6) is 0 Å². The van der Waals surface area contributed by atoms with Crippen molar-refractivity contribution < 1.29 is 4.79 Å². The van der Waals surface area contributed by atoms with Gasteiger partial charge >= 0.3 is 0 Å². The predicted octanol–water partition coefficient (Wildman–Crippen LogP) is 4.71. The fraction of sp³-hybridized carbons (Fsp3) is 0.235. The van der Waals surface area contributed by atoms with Crippen LogP contribution < -0.4 is 5.32 Å². The highest BCUT2D eigenvalue weighted by atomic mass is 32.1. The van der Waals surface area contributed by atoms with E-state index in [1.54, 1.807) is 11.3 Å². The summed E-state index contributed by atoms with van der Waals surface area (Å²) in [7, 11) is 0. The van der Waals surface area contributed by atoms with Gasteiger partial charge < -0.3 is 5.32 Å². The van der Waals surface area contributed by atoms with Crippen molar-refractivity contribution in [3.05, 3.63) is 53.9 Å². The number of nitrogens with one attached hydrogen (secondary N) is 1. The van der Waals surface area contributed by atoms with Crippen LogP contribution in [0, 0.1) is 5.92 Å². The highest BCUT2D eigenvalue weighted by Crippen LogP contribution is 2.31. The summed E-state index contributed by atoms with van der Waals surface area (Å²) in [6.45, 7) is 0. The third-order valence-corrected chi connectivity index (χ3v) is 4.45. The zero-order chi connectivity index (χ0) is 13.8. The van der Waals surface area contributed by atoms with Crippen molar-refractivity contribution in [1.82, 2.24) is 0 Å². The molecule has 1 atom stereocenters. The molecule has 0 aliphatic heterocycles. The number of anilines is 1. The maximum Gasteiger partial charge on any atom is 0.224 e. The second-order valence-corrected chi connectivity index (χ2v) is 5.99. The zero-order valence-electron chi connectivity index (χ0n) is 11.2. The van der Waals surface area contributed by atoms with E-state index in [1.165, 1.54) is 4.88 Å². The summed E-state index contributed by atoms with van der Waals surface area (Å²) >= 11 is 1.69. The molecule has 2 aromatic rings. The molecule has 1 aliphatic carbocycles. The van der Waals surface area contributed by atoms with Gasteiger partial charge in [-0.2, -0.15) is 0 Å². The maximum absolute atomic E-state index is 12.1. The van der Waals surface area contributed by atoms with Crippen molar-refractivity contribution >= 4 is 22.9 Å². The van der Waals surface area contributed by atoms with Crippen molar-refractivity contribution in [3.63, 3.8) is 0 Å². The summed E-state index contributed by atoms with van der Waals surface area (Å²) in [5.74, 6) is 0.509. The Balaban J connectivity index is 1.74. The van der Waals surface area contributed by atoms with Crippen molar-refractivity contribution in [1.29, 1.82) is 0 Å². The fourth-order valence-corrected chi connectivity index (χ4v) is 3.31. The topological polar surface area (TPSA) is 29.1 Å². The quantitative estimate of drug-likeness (QED) is 0.809. The van der Waals surface area contributed by atoms with E-state index < -0.39 is 0 Å². The largest absolute Gasteiger partial charge is 0.325 e. The van der Waals surface area contributed by atoms with Gasteiger partial charge in [0.25, 0.3) is 0 Å². The second kappa shape index (κ2) is 6.06. The summed E-state index contributed by atoms with van der Waals surface area (Å²) < 4.78 is 0. The first-order chi connectivity index (χ1) is 9.83. The molecule has 0 radical (unpaired) electrons. The molecule has 0 spiro atoms. The minimum Gasteiger partial charge on any atom is -0.325 e. The zero-order valence-corrected chi connectivity index (χ0v) is 12.0. The van der Waals surface area contributed by atoms with Crippen LogP contribution in [0.15, 0.2) is 53.9 Å². The lowest BCUT2D eigenvalue weighted by Gasteiger charge is -2.11. The molecule has 1 heterocycles. The molecule has 0 bridgehead atoms. The van der Waals surface area contributed by atoms with Crippen molar-refractivity contribution in [2.75, 3.05) is 5.32 Å². The molecular formula is C17H17NOS. The Kier molecular flexibility index (Phi) is 3.97. The van der Waals surface area contributed by atoms with Gasteiger partial charge in [-0.15, -0.1) is 11.3 Å². The Morgan fingerprint density at radius 3 is 2.90 bits per heavy atom. The van der Waals surface area contributed by atoms with E-state index in [0.29, 0.717) is 12.3 Å². The van der Waals surface area contributed by atoms with Crippen LogP contribution in [0.2, 0.25) is 0 Å². The van der Waals surface area contributed by atoms with E-state index >= 15 is 0 Å². The Bertz CT molecular complexity index is 616. The van der Waals surface area contributed by atoms with Crippen LogP contribution in [0.4, 0.5) is 5.69 Å². The highest BCUT2D eigenvalue weighted by Gasteiger charge is 2.15. The molecule has 0 fully saturated rings. The molecule has 20 heavy (non-hydrogen) atoms. The molecule has 2 nitrogen and oxygen atoms in total. The Labute approximate surface area is 123 Å². The van der Waals surface area contributed by atoms with Gasteiger partial charge in [0.15, 0.2) is 0 Å². The lowest BCUT2D eigenvalue weighted by molar-refractivity contribution is -0.116. The van der Waals surface area contributed by atoms with E-state index in [4.69, 9.17) is 0 Å². The number of amides is 1. The predicted molar refractivity (Wildman–Crippen MR) is 84.9 cm³/mol. The van der Waals surface area contributed by atoms with Gasteiger partial charge in [-0.3, -0.25) is 4.79 Å². The Hall–Kier alpha value is -1.87. The standard InChI is InChI=1S/C17H17NOS/c19-17(12-13-6-1-2-7-13)18-15-9-4-3-8-14(15)16-10-5-11-20-16/h1,3-6,8-11,13H,2,7,12H2,(H,18,19)/t13-/m0/s1. The van der Waals surface area contributed by atoms with Crippen LogP contribution in [-0.2, 0) is 4.79 Å². The number of hydrogen-bond donors (Lipinski definition) is 1. The van der Waals surface area contributed by atoms with E-state index in [0.717, 1.165) is 24.1 Å². The molecule has 1 aliphatic rings. The third kappa shape index (κ3) is 2.99. The third-order valence-electron chi connectivity index (χ3n) is 3.55. The molecule has 0 saturated carbocycles. The van der Waals surface area contributed by atoms with Crippen LogP contribution in [0.3, 0.4) is 0 Å². The van der Waals surface area contributed by atoms with Gasteiger partial charge in [0.2, 0.25) is 5.91 Å². The number of para-hydroxylation sites is 1. The second-order valence-electron chi connectivity index (χ2n) is 5.04. The summed E-state index contributed by atoms with van der Waals surface area (Å²) in [5, 5.41) is 5.11. The normalized spacial score (nSPS) is 17.3. The number of thiophene rings is 1. The van der Waals surface area contributed by atoms with Crippen LogP contribution in [-0.4, -0.2) is 5.91 Å². The molecule has 1 aromatic heterocycles. The van der Waals surface area contributed by atoms with E-state index in [2.05, 4.69) is 35.0 Å².